The highest BCUT2D eigenvalue weighted by molar-refractivity contribution is 5.88. The van der Waals surface area contributed by atoms with Gasteiger partial charge in [0.15, 0.2) is 0 Å². The minimum absolute atomic E-state index is 0.219. The van der Waals surface area contributed by atoms with Crippen LogP contribution in [0.3, 0.4) is 0 Å². The monoisotopic (exact) mass is 255 g/mol. The number of rotatable bonds is 4. The molecule has 19 heavy (non-hydrogen) atoms. The van der Waals surface area contributed by atoms with Gasteiger partial charge in [-0.05, 0) is 29.3 Å². The highest BCUT2D eigenvalue weighted by atomic mass is 16.4. The summed E-state index contributed by atoms with van der Waals surface area (Å²) in [5.41, 5.74) is 2.06. The van der Waals surface area contributed by atoms with Gasteiger partial charge in [-0.15, -0.1) is 0 Å². The number of aromatic carboxylic acids is 1. The highest BCUT2D eigenvalue weighted by Crippen LogP contribution is 2.18. The van der Waals surface area contributed by atoms with Crippen LogP contribution in [0, 0.1) is 11.3 Å². The fraction of sp³-hybridized carbons (Fsp3) is 0.125. The van der Waals surface area contributed by atoms with Gasteiger partial charge in [-0.2, -0.15) is 5.26 Å². The molecule has 0 saturated heterocycles. The average molecular weight is 255 g/mol. The van der Waals surface area contributed by atoms with Gasteiger partial charge in [-0.25, -0.2) is 4.79 Å². The summed E-state index contributed by atoms with van der Waals surface area (Å²) in [7, 11) is 0. The van der Waals surface area contributed by atoms with E-state index < -0.39 is 5.97 Å². The summed E-state index contributed by atoms with van der Waals surface area (Å²) in [5.74, 6) is -0.970. The Morgan fingerprint density at radius 2 is 1.74 bits per heavy atom. The maximum absolute atomic E-state index is 10.7. The summed E-state index contributed by atoms with van der Waals surface area (Å²) in [6.45, 7) is 11.2. The third-order valence-corrected chi connectivity index (χ3v) is 2.16. The molecule has 0 unspecified atom stereocenters. The fourth-order valence-corrected chi connectivity index (χ4v) is 1.29. The van der Waals surface area contributed by atoms with Gasteiger partial charge in [-0.3, -0.25) is 0 Å². The van der Waals surface area contributed by atoms with Crippen LogP contribution < -0.4 is 0 Å². The van der Waals surface area contributed by atoms with E-state index in [1.807, 2.05) is 19.9 Å². The summed E-state index contributed by atoms with van der Waals surface area (Å²) in [6, 6.07) is 8.26. The number of hydrogen-bond donors (Lipinski definition) is 1. The topological polar surface area (TPSA) is 61.1 Å². The lowest BCUT2D eigenvalue weighted by Gasteiger charge is -2.02. The molecule has 0 aliphatic carbocycles. The first-order chi connectivity index (χ1) is 9.08. The van der Waals surface area contributed by atoms with Crippen molar-refractivity contribution in [3.05, 3.63) is 66.3 Å². The van der Waals surface area contributed by atoms with Crippen molar-refractivity contribution < 1.29 is 9.90 Å². The Hall–Kier alpha value is -2.60. The third-order valence-electron chi connectivity index (χ3n) is 2.16. The van der Waals surface area contributed by atoms with Crippen LogP contribution in [0.25, 0.3) is 5.57 Å². The Labute approximate surface area is 113 Å². The first-order valence-electron chi connectivity index (χ1n) is 5.85. The Bertz CT molecular complexity index is 531. The zero-order chi connectivity index (χ0) is 14.8. The van der Waals surface area contributed by atoms with Gasteiger partial charge in [0.05, 0.1) is 11.6 Å². The number of nitriles is 1. The van der Waals surface area contributed by atoms with E-state index in [4.69, 9.17) is 10.4 Å². The lowest BCUT2D eigenvalue weighted by Crippen LogP contribution is -1.95. The Morgan fingerprint density at radius 3 is 2.11 bits per heavy atom. The molecule has 0 aliphatic rings. The van der Waals surface area contributed by atoms with Crippen LogP contribution in [0.1, 0.15) is 29.8 Å². The van der Waals surface area contributed by atoms with Gasteiger partial charge in [0.25, 0.3) is 0 Å². The summed E-state index contributed by atoms with van der Waals surface area (Å²) < 4.78 is 0. The van der Waals surface area contributed by atoms with E-state index in [1.54, 1.807) is 24.3 Å². The van der Waals surface area contributed by atoms with Gasteiger partial charge in [0, 0.05) is 5.57 Å². The van der Waals surface area contributed by atoms with E-state index in [0.29, 0.717) is 5.57 Å². The molecule has 0 saturated carbocycles. The van der Waals surface area contributed by atoms with Gasteiger partial charge in [0.2, 0.25) is 0 Å². The zero-order valence-corrected chi connectivity index (χ0v) is 11.2. The molecule has 0 bridgehead atoms. The molecular formula is C16H17NO2. The van der Waals surface area contributed by atoms with Crippen LogP contribution in [0.4, 0.5) is 0 Å². The molecule has 0 heterocycles. The lowest BCUT2D eigenvalue weighted by molar-refractivity contribution is 0.0697. The van der Waals surface area contributed by atoms with Gasteiger partial charge in [0.1, 0.15) is 0 Å². The van der Waals surface area contributed by atoms with E-state index >= 15 is 0 Å². The maximum atomic E-state index is 10.7. The smallest absolute Gasteiger partial charge is 0.335 e. The predicted molar refractivity (Wildman–Crippen MR) is 77.7 cm³/mol. The first kappa shape index (κ1) is 16.4. The van der Waals surface area contributed by atoms with Crippen LogP contribution in [0.5, 0.6) is 0 Å². The average Bonchev–Trinajstić information content (AvgIpc) is 2.46. The molecule has 3 heteroatoms. The Kier molecular flexibility index (Phi) is 7.32. The van der Waals surface area contributed by atoms with Crippen molar-refractivity contribution in [3.8, 4) is 6.07 Å². The van der Waals surface area contributed by atoms with Crippen molar-refractivity contribution in [3.63, 3.8) is 0 Å². The molecule has 0 fully saturated rings. The van der Waals surface area contributed by atoms with Gasteiger partial charge < -0.3 is 5.11 Å². The van der Waals surface area contributed by atoms with Crippen LogP contribution in [-0.2, 0) is 0 Å². The quantitative estimate of drug-likeness (QED) is 0.652. The van der Waals surface area contributed by atoms with Crippen LogP contribution in [0.15, 0.2) is 55.1 Å². The van der Waals surface area contributed by atoms with E-state index in [9.17, 15) is 4.79 Å². The molecule has 1 N–H and O–H groups in total. The molecule has 1 aromatic rings. The number of carboxylic acid groups (broad SMARTS) is 1. The first-order valence-corrected chi connectivity index (χ1v) is 5.85. The third kappa shape index (κ3) is 5.05. The van der Waals surface area contributed by atoms with Crippen molar-refractivity contribution in [2.24, 2.45) is 0 Å². The SMILES string of the molecule is C=C/C(=C\C(=C)C#N)c1ccc(C(=O)O)cc1.CC. The second kappa shape index (κ2) is 8.48. The number of allylic oxidation sites excluding steroid dienone is 4. The van der Waals surface area contributed by atoms with E-state index in [0.717, 1.165) is 11.1 Å². The lowest BCUT2D eigenvalue weighted by atomic mass is 10.0. The number of nitrogens with zero attached hydrogens (tertiary/aromatic N) is 1. The second-order valence-corrected chi connectivity index (χ2v) is 3.32. The standard InChI is InChI=1S/C14H11NO2.C2H6/c1-3-11(8-10(2)9-15)12-4-6-13(7-5-12)14(16)17;1-2/h3-8H,1-2H2,(H,16,17);1-2H3/b11-8+;. The predicted octanol–water partition coefficient (Wildman–Crippen LogP) is 4.06. The fourth-order valence-electron chi connectivity index (χ4n) is 1.29. The highest BCUT2D eigenvalue weighted by Gasteiger charge is 2.03. The molecule has 98 valence electrons. The molecule has 0 aliphatic heterocycles. The molecule has 0 amide bonds. The molecular weight excluding hydrogens is 238 g/mol. The normalized spacial score (nSPS) is 9.63. The summed E-state index contributed by atoms with van der Waals surface area (Å²) in [6.07, 6.45) is 3.20. The van der Waals surface area contributed by atoms with E-state index in [2.05, 4.69) is 13.2 Å². The van der Waals surface area contributed by atoms with E-state index in [1.165, 1.54) is 12.1 Å². The zero-order valence-electron chi connectivity index (χ0n) is 11.2. The summed E-state index contributed by atoms with van der Waals surface area (Å²) in [5, 5.41) is 17.4. The van der Waals surface area contributed by atoms with Crippen LogP contribution >= 0.6 is 0 Å². The van der Waals surface area contributed by atoms with Gasteiger partial charge in [-0.1, -0.05) is 45.2 Å². The Balaban J connectivity index is 0.00000154. The van der Waals surface area contributed by atoms with Crippen molar-refractivity contribution in [2.75, 3.05) is 0 Å². The molecule has 0 radical (unpaired) electrons. The summed E-state index contributed by atoms with van der Waals surface area (Å²) >= 11 is 0. The Morgan fingerprint density at radius 1 is 1.26 bits per heavy atom. The molecule has 0 spiro atoms. The van der Waals surface area contributed by atoms with Crippen molar-refractivity contribution >= 4 is 11.5 Å². The molecule has 1 rings (SSSR count). The largest absolute Gasteiger partial charge is 0.478 e. The molecule has 1 aromatic carbocycles. The summed E-state index contributed by atoms with van der Waals surface area (Å²) in [4.78, 5) is 10.7. The minimum Gasteiger partial charge on any atom is -0.478 e. The minimum atomic E-state index is -0.970. The van der Waals surface area contributed by atoms with Crippen molar-refractivity contribution in [2.45, 2.75) is 13.8 Å². The maximum Gasteiger partial charge on any atom is 0.335 e. The number of carbonyl (C=O) groups is 1. The molecule has 3 nitrogen and oxygen atoms in total. The number of carboxylic acids is 1. The van der Waals surface area contributed by atoms with Crippen molar-refractivity contribution in [1.29, 1.82) is 5.26 Å². The van der Waals surface area contributed by atoms with Crippen LogP contribution in [0.2, 0.25) is 0 Å². The molecule has 0 aromatic heterocycles. The van der Waals surface area contributed by atoms with Gasteiger partial charge >= 0.3 is 5.97 Å². The van der Waals surface area contributed by atoms with E-state index in [-0.39, 0.29) is 5.56 Å². The number of benzene rings is 1. The van der Waals surface area contributed by atoms with Crippen LogP contribution in [-0.4, -0.2) is 11.1 Å². The van der Waals surface area contributed by atoms with Crippen molar-refractivity contribution in [1.82, 2.24) is 0 Å². The number of hydrogen-bond acceptors (Lipinski definition) is 2. The molecule has 0 atom stereocenters. The second-order valence-electron chi connectivity index (χ2n) is 3.32.